The van der Waals surface area contributed by atoms with Gasteiger partial charge in [0, 0.05) is 37.7 Å². The smallest absolute Gasteiger partial charge is 0.355 e. The van der Waals surface area contributed by atoms with Crippen LogP contribution in [0.3, 0.4) is 0 Å². The molecule has 10 heteroatoms. The molecule has 2 aliphatic heterocycles. The molecule has 1 fully saturated rings. The van der Waals surface area contributed by atoms with Crippen molar-refractivity contribution in [2.24, 2.45) is 0 Å². The van der Waals surface area contributed by atoms with Crippen LogP contribution in [0.1, 0.15) is 31.9 Å². The van der Waals surface area contributed by atoms with E-state index in [1.54, 1.807) is 24.6 Å². The molecule has 0 unspecified atom stereocenters. The number of hydrogen-bond donors (Lipinski definition) is 2. The Morgan fingerprint density at radius 1 is 1.52 bits per heavy atom. The predicted molar refractivity (Wildman–Crippen MR) is 109 cm³/mol. The molecular weight excluding hydrogens is 392 g/mol. The van der Waals surface area contributed by atoms with Crippen LogP contribution >= 0.6 is 11.8 Å². The Bertz CT molecular complexity index is 892. The van der Waals surface area contributed by atoms with Gasteiger partial charge in [-0.1, -0.05) is 11.8 Å². The zero-order valence-corrected chi connectivity index (χ0v) is 16.9. The van der Waals surface area contributed by atoms with Gasteiger partial charge >= 0.3 is 5.97 Å². The minimum atomic E-state index is -0.464. The first-order chi connectivity index (χ1) is 14.1. The summed E-state index contributed by atoms with van der Waals surface area (Å²) in [5, 5.41) is 17.8. The number of amides is 1. The lowest BCUT2D eigenvalue weighted by Gasteiger charge is -2.15. The van der Waals surface area contributed by atoms with Crippen LogP contribution in [0.15, 0.2) is 28.4 Å². The van der Waals surface area contributed by atoms with Crippen molar-refractivity contribution >= 4 is 35.2 Å². The summed E-state index contributed by atoms with van der Waals surface area (Å²) in [4.78, 5) is 33.9. The second-order valence-electron chi connectivity index (χ2n) is 6.34. The number of ether oxygens (including phenoxy) is 1. The fourth-order valence-electron chi connectivity index (χ4n) is 2.95. The summed E-state index contributed by atoms with van der Waals surface area (Å²) in [6.45, 7) is 4.17. The molecule has 2 aliphatic rings. The molecule has 0 radical (unpaired) electrons. The molecule has 0 atom stereocenters. The molecule has 3 rings (SSSR count). The lowest BCUT2D eigenvalue weighted by molar-refractivity contribution is -0.138. The fraction of sp³-hybridized carbons (Fsp3) is 0.421. The molecule has 152 valence electrons. The van der Waals surface area contributed by atoms with Crippen molar-refractivity contribution in [1.82, 2.24) is 20.2 Å². The number of nitrogens with zero attached hydrogens (tertiary/aromatic N) is 4. The molecule has 2 N–H and O–H groups in total. The molecule has 1 amide bonds. The molecule has 1 aromatic heterocycles. The Labute approximate surface area is 173 Å². The quantitative estimate of drug-likeness (QED) is 0.373. The van der Waals surface area contributed by atoms with Gasteiger partial charge in [0.1, 0.15) is 17.3 Å². The average molecular weight is 414 g/mol. The number of nitrogens with one attached hydrogen (secondary N) is 2. The number of carbonyl (C=O) groups excluding carboxylic acids is 2. The SMILES string of the molecule is CCOC(=O)C1=CS/C(=C(/C#N)c2ccnc(NCCCN3CCCC3=O)n2)N1. The Morgan fingerprint density at radius 3 is 3.10 bits per heavy atom. The Kier molecular flexibility index (Phi) is 7.08. The number of allylic oxidation sites excluding steroid dienone is 1. The zero-order chi connectivity index (χ0) is 20.6. The average Bonchev–Trinajstić information content (AvgIpc) is 3.36. The van der Waals surface area contributed by atoms with Gasteiger partial charge in [-0.3, -0.25) is 4.79 Å². The van der Waals surface area contributed by atoms with Gasteiger partial charge in [0.2, 0.25) is 11.9 Å². The third kappa shape index (κ3) is 5.26. The maximum Gasteiger partial charge on any atom is 0.355 e. The minimum absolute atomic E-state index is 0.214. The molecule has 0 aliphatic carbocycles. The van der Waals surface area contributed by atoms with Crippen LogP contribution in [0, 0.1) is 11.3 Å². The minimum Gasteiger partial charge on any atom is -0.461 e. The highest BCUT2D eigenvalue weighted by molar-refractivity contribution is 8.06. The van der Waals surface area contributed by atoms with Crippen molar-refractivity contribution in [3.8, 4) is 6.07 Å². The molecular formula is C19H22N6O3S. The maximum absolute atomic E-state index is 11.8. The first-order valence-corrected chi connectivity index (χ1v) is 10.3. The fourth-order valence-corrected chi connectivity index (χ4v) is 3.77. The number of likely N-dealkylation sites (tertiary alicyclic amines) is 1. The highest BCUT2D eigenvalue weighted by Crippen LogP contribution is 2.31. The summed E-state index contributed by atoms with van der Waals surface area (Å²) < 4.78 is 4.96. The first kappa shape index (κ1) is 20.7. The summed E-state index contributed by atoms with van der Waals surface area (Å²) in [6.07, 6.45) is 3.94. The molecule has 9 nitrogen and oxygen atoms in total. The van der Waals surface area contributed by atoms with Gasteiger partial charge in [-0.25, -0.2) is 14.8 Å². The summed E-state index contributed by atoms with van der Waals surface area (Å²) in [7, 11) is 0. The van der Waals surface area contributed by atoms with Gasteiger partial charge in [0.25, 0.3) is 0 Å². The zero-order valence-electron chi connectivity index (χ0n) is 16.1. The molecule has 0 aromatic carbocycles. The number of aromatic nitrogens is 2. The van der Waals surface area contributed by atoms with Crippen LogP contribution in [-0.2, 0) is 14.3 Å². The van der Waals surface area contributed by atoms with E-state index in [9.17, 15) is 14.9 Å². The summed E-state index contributed by atoms with van der Waals surface area (Å²) in [6, 6.07) is 3.78. The van der Waals surface area contributed by atoms with Gasteiger partial charge in [-0.2, -0.15) is 5.26 Å². The van der Waals surface area contributed by atoms with Gasteiger partial charge in [0.15, 0.2) is 0 Å². The summed E-state index contributed by atoms with van der Waals surface area (Å²) in [5.41, 5.74) is 1.07. The van der Waals surface area contributed by atoms with Crippen LogP contribution in [-0.4, -0.2) is 53.0 Å². The molecule has 0 saturated carbocycles. The molecule has 29 heavy (non-hydrogen) atoms. The van der Waals surface area contributed by atoms with Crippen LogP contribution in [0.5, 0.6) is 0 Å². The van der Waals surface area contributed by atoms with Crippen LogP contribution < -0.4 is 10.6 Å². The molecule has 0 spiro atoms. The molecule has 0 bridgehead atoms. The monoisotopic (exact) mass is 414 g/mol. The Hall–Kier alpha value is -3.06. The van der Waals surface area contributed by atoms with Crippen molar-refractivity contribution in [2.45, 2.75) is 26.2 Å². The Balaban J connectivity index is 1.60. The van der Waals surface area contributed by atoms with Gasteiger partial charge in [-0.15, -0.1) is 0 Å². The number of nitriles is 1. The highest BCUT2D eigenvalue weighted by atomic mass is 32.2. The van der Waals surface area contributed by atoms with Crippen LogP contribution in [0.25, 0.3) is 5.57 Å². The van der Waals surface area contributed by atoms with Crippen LogP contribution in [0.2, 0.25) is 0 Å². The third-order valence-electron chi connectivity index (χ3n) is 4.35. The number of thioether (sulfide) groups is 1. The van der Waals surface area contributed by atoms with E-state index in [-0.39, 0.29) is 12.5 Å². The summed E-state index contributed by atoms with van der Waals surface area (Å²) >= 11 is 1.24. The van der Waals surface area contributed by atoms with Crippen molar-refractivity contribution in [3.63, 3.8) is 0 Å². The van der Waals surface area contributed by atoms with Crippen molar-refractivity contribution < 1.29 is 14.3 Å². The number of rotatable bonds is 8. The summed E-state index contributed by atoms with van der Waals surface area (Å²) in [5.74, 6) is 0.157. The van der Waals surface area contributed by atoms with Crippen molar-refractivity contribution in [2.75, 3.05) is 31.6 Å². The second kappa shape index (κ2) is 9.93. The van der Waals surface area contributed by atoms with E-state index in [2.05, 4.69) is 26.7 Å². The van der Waals surface area contributed by atoms with E-state index in [1.807, 2.05) is 4.90 Å². The van der Waals surface area contributed by atoms with E-state index >= 15 is 0 Å². The number of esters is 1. The van der Waals surface area contributed by atoms with E-state index in [0.717, 1.165) is 19.4 Å². The van der Waals surface area contributed by atoms with Crippen molar-refractivity contribution in [1.29, 1.82) is 5.26 Å². The number of carbonyl (C=O) groups is 2. The lowest BCUT2D eigenvalue weighted by Crippen LogP contribution is -2.27. The maximum atomic E-state index is 11.8. The van der Waals surface area contributed by atoms with Gasteiger partial charge in [-0.05, 0) is 25.8 Å². The highest BCUT2D eigenvalue weighted by Gasteiger charge is 2.22. The van der Waals surface area contributed by atoms with Gasteiger partial charge in [0.05, 0.1) is 17.3 Å². The van der Waals surface area contributed by atoms with Gasteiger partial charge < -0.3 is 20.3 Å². The van der Waals surface area contributed by atoms with Crippen molar-refractivity contribution in [3.05, 3.63) is 34.1 Å². The topological polar surface area (TPSA) is 120 Å². The normalized spacial score (nSPS) is 17.4. The first-order valence-electron chi connectivity index (χ1n) is 9.42. The second-order valence-corrected chi connectivity index (χ2v) is 7.22. The van der Waals surface area contributed by atoms with E-state index in [0.29, 0.717) is 47.5 Å². The Morgan fingerprint density at radius 2 is 2.38 bits per heavy atom. The van der Waals surface area contributed by atoms with E-state index < -0.39 is 5.97 Å². The van der Waals surface area contributed by atoms with E-state index in [1.165, 1.54) is 11.8 Å². The molecule has 1 aromatic rings. The molecule has 1 saturated heterocycles. The van der Waals surface area contributed by atoms with Crippen LogP contribution in [0.4, 0.5) is 5.95 Å². The van der Waals surface area contributed by atoms with E-state index in [4.69, 9.17) is 4.74 Å². The predicted octanol–water partition coefficient (Wildman–Crippen LogP) is 1.83. The standard InChI is InChI=1S/C19H22N6O3S/c1-2-28-18(27)15-12-29-17(23-15)13(11-20)14-6-8-22-19(24-14)21-7-4-10-25-9-3-5-16(25)26/h6,8,12,23H,2-5,7,9-10H2,1H3,(H,21,22,24)/b17-13-. The largest absolute Gasteiger partial charge is 0.461 e. The number of anilines is 1. The lowest BCUT2D eigenvalue weighted by atomic mass is 10.2. The third-order valence-corrected chi connectivity index (χ3v) is 5.24. The molecule has 3 heterocycles. The number of hydrogen-bond acceptors (Lipinski definition) is 9.